The van der Waals surface area contributed by atoms with Gasteiger partial charge in [-0.1, -0.05) is 18.2 Å². The van der Waals surface area contributed by atoms with Crippen molar-refractivity contribution < 1.29 is 0 Å². The Balaban J connectivity index is 1.74. The number of aromatic amines is 2. The van der Waals surface area contributed by atoms with Gasteiger partial charge in [0, 0.05) is 18.1 Å². The quantitative estimate of drug-likeness (QED) is 0.463. The highest BCUT2D eigenvalue weighted by Crippen LogP contribution is 2.25. The molecule has 0 amide bonds. The van der Waals surface area contributed by atoms with Crippen molar-refractivity contribution >= 4 is 34.2 Å². The van der Waals surface area contributed by atoms with Crippen LogP contribution in [0.3, 0.4) is 0 Å². The van der Waals surface area contributed by atoms with Gasteiger partial charge in [0.1, 0.15) is 11.5 Å². The Labute approximate surface area is 125 Å². The molecule has 0 saturated carbocycles. The first-order valence-electron chi connectivity index (χ1n) is 6.81. The van der Waals surface area contributed by atoms with E-state index in [4.69, 9.17) is 0 Å². The maximum atomic E-state index is 4.55. The van der Waals surface area contributed by atoms with Gasteiger partial charge in [-0.25, -0.2) is 0 Å². The second kappa shape index (κ2) is 5.21. The highest BCUT2D eigenvalue weighted by Gasteiger charge is 2.09. The number of H-pyrrole nitrogens is 2. The summed E-state index contributed by atoms with van der Waals surface area (Å²) in [6.45, 7) is 0. The van der Waals surface area contributed by atoms with Crippen molar-refractivity contribution in [2.75, 3.05) is 10.6 Å². The molecule has 22 heavy (non-hydrogen) atoms. The average molecular weight is 291 g/mol. The van der Waals surface area contributed by atoms with Gasteiger partial charge >= 0.3 is 0 Å². The molecule has 4 aromatic rings. The Bertz CT molecular complexity index is 881. The van der Waals surface area contributed by atoms with E-state index >= 15 is 0 Å². The molecule has 0 aliphatic carbocycles. The Kier molecular flexibility index (Phi) is 2.93. The van der Waals surface area contributed by atoms with Crippen molar-refractivity contribution in [3.63, 3.8) is 0 Å². The topological polar surface area (TPSA) is 94.3 Å². The van der Waals surface area contributed by atoms with E-state index in [-0.39, 0.29) is 0 Å². The normalized spacial score (nSPS) is 10.7. The molecule has 0 saturated heterocycles. The molecule has 0 unspecified atom stereocenters. The minimum atomic E-state index is 0.495. The van der Waals surface area contributed by atoms with Crippen molar-refractivity contribution in [2.24, 2.45) is 0 Å². The van der Waals surface area contributed by atoms with Crippen LogP contribution in [0.15, 0.2) is 55.0 Å². The summed E-state index contributed by atoms with van der Waals surface area (Å²) in [4.78, 5) is 12.1. The molecule has 0 atom stereocenters. The minimum absolute atomic E-state index is 0.495. The first kappa shape index (κ1) is 12.4. The molecule has 0 fully saturated rings. The van der Waals surface area contributed by atoms with Crippen molar-refractivity contribution in [1.29, 1.82) is 0 Å². The number of aromatic nitrogens is 5. The van der Waals surface area contributed by atoms with Crippen LogP contribution in [-0.4, -0.2) is 25.1 Å². The summed E-state index contributed by atoms with van der Waals surface area (Å²) in [5, 5.41) is 14.0. The predicted octanol–water partition coefficient (Wildman–Crippen LogP) is 3.17. The van der Waals surface area contributed by atoms with Crippen LogP contribution < -0.4 is 10.6 Å². The molecular formula is C15H13N7. The summed E-state index contributed by atoms with van der Waals surface area (Å²) >= 11 is 0. The van der Waals surface area contributed by atoms with Crippen LogP contribution in [0, 0.1) is 0 Å². The van der Waals surface area contributed by atoms with E-state index < -0.39 is 0 Å². The lowest BCUT2D eigenvalue weighted by Gasteiger charge is -2.09. The zero-order valence-electron chi connectivity index (χ0n) is 11.5. The van der Waals surface area contributed by atoms with Crippen LogP contribution in [0.5, 0.6) is 0 Å². The lowest BCUT2D eigenvalue weighted by molar-refractivity contribution is 1.09. The van der Waals surface area contributed by atoms with E-state index in [1.54, 1.807) is 12.4 Å². The molecule has 3 aromatic heterocycles. The maximum Gasteiger partial charge on any atom is 0.231 e. The van der Waals surface area contributed by atoms with Crippen LogP contribution in [0.4, 0.5) is 23.1 Å². The third kappa shape index (κ3) is 2.35. The van der Waals surface area contributed by atoms with Gasteiger partial charge in [0.2, 0.25) is 5.95 Å². The number of nitrogens with zero attached hydrogens (tertiary/aromatic N) is 3. The number of hydrogen-bond acceptors (Lipinski definition) is 5. The molecular weight excluding hydrogens is 278 g/mol. The second-order valence-electron chi connectivity index (χ2n) is 4.74. The number of hydrogen-bond donors (Lipinski definition) is 4. The fourth-order valence-electron chi connectivity index (χ4n) is 2.20. The molecule has 0 spiro atoms. The molecule has 7 heteroatoms. The largest absolute Gasteiger partial charge is 0.346 e. The zero-order chi connectivity index (χ0) is 14.8. The van der Waals surface area contributed by atoms with E-state index in [1.165, 1.54) is 0 Å². The first-order valence-corrected chi connectivity index (χ1v) is 6.81. The average Bonchev–Trinajstić information content (AvgIpc) is 3.20. The summed E-state index contributed by atoms with van der Waals surface area (Å²) < 4.78 is 0. The van der Waals surface area contributed by atoms with Crippen LogP contribution in [0.25, 0.3) is 11.0 Å². The maximum absolute atomic E-state index is 4.55. The van der Waals surface area contributed by atoms with Crippen molar-refractivity contribution in [3.8, 4) is 0 Å². The van der Waals surface area contributed by atoms with Gasteiger partial charge in [0.25, 0.3) is 0 Å². The fraction of sp³-hybridized carbons (Fsp3) is 0. The molecule has 108 valence electrons. The third-order valence-electron chi connectivity index (χ3n) is 3.21. The molecule has 1 aromatic carbocycles. The van der Waals surface area contributed by atoms with E-state index in [2.05, 4.69) is 35.8 Å². The van der Waals surface area contributed by atoms with Crippen LogP contribution in [0.1, 0.15) is 0 Å². The van der Waals surface area contributed by atoms with Gasteiger partial charge in [-0.05, 0) is 18.2 Å². The molecule has 4 N–H and O–H groups in total. The van der Waals surface area contributed by atoms with Gasteiger partial charge in [-0.15, -0.1) is 0 Å². The van der Waals surface area contributed by atoms with E-state index in [0.29, 0.717) is 5.95 Å². The summed E-state index contributed by atoms with van der Waals surface area (Å²) in [5.41, 5.74) is 2.54. The van der Waals surface area contributed by atoms with Gasteiger partial charge in [-0.2, -0.15) is 15.1 Å². The number of para-hydroxylation sites is 1. The Morgan fingerprint density at radius 3 is 2.64 bits per heavy atom. The standard InChI is InChI=1S/C15H13N7/c1-2-4-10(5-3-1)19-14-12-6-7-16-13(12)21-15(22-14)20-11-8-17-18-9-11/h1-9H,(H,17,18)(H3,16,19,20,21,22). The van der Waals surface area contributed by atoms with Crippen molar-refractivity contribution in [3.05, 3.63) is 55.0 Å². The lowest BCUT2D eigenvalue weighted by Crippen LogP contribution is -2.01. The Morgan fingerprint density at radius 2 is 1.82 bits per heavy atom. The SMILES string of the molecule is c1ccc(Nc2nc(Nc3cn[nH]c3)nc3[nH]ccc23)cc1. The van der Waals surface area contributed by atoms with Gasteiger partial charge < -0.3 is 15.6 Å². The lowest BCUT2D eigenvalue weighted by atomic mass is 10.3. The number of nitrogens with one attached hydrogen (secondary N) is 4. The van der Waals surface area contributed by atoms with E-state index in [1.807, 2.05) is 42.6 Å². The predicted molar refractivity (Wildman–Crippen MR) is 85.5 cm³/mol. The van der Waals surface area contributed by atoms with Gasteiger partial charge in [0.15, 0.2) is 0 Å². The number of fused-ring (bicyclic) bond motifs is 1. The first-order chi connectivity index (χ1) is 10.9. The van der Waals surface area contributed by atoms with Crippen LogP contribution >= 0.6 is 0 Å². The second-order valence-corrected chi connectivity index (χ2v) is 4.74. The fourth-order valence-corrected chi connectivity index (χ4v) is 2.20. The molecule has 0 aliphatic heterocycles. The number of rotatable bonds is 4. The monoisotopic (exact) mass is 291 g/mol. The van der Waals surface area contributed by atoms with Gasteiger partial charge in [0.05, 0.1) is 17.3 Å². The Hall–Kier alpha value is -3.35. The molecule has 0 aliphatic rings. The smallest absolute Gasteiger partial charge is 0.231 e. The molecule has 3 heterocycles. The Morgan fingerprint density at radius 1 is 0.909 bits per heavy atom. The van der Waals surface area contributed by atoms with Crippen molar-refractivity contribution in [2.45, 2.75) is 0 Å². The summed E-state index contributed by atoms with van der Waals surface area (Å²) in [6.07, 6.45) is 5.26. The summed E-state index contributed by atoms with van der Waals surface area (Å²) in [7, 11) is 0. The molecule has 7 nitrogen and oxygen atoms in total. The number of anilines is 4. The number of benzene rings is 1. The molecule has 4 rings (SSSR count). The zero-order valence-corrected chi connectivity index (χ0v) is 11.5. The van der Waals surface area contributed by atoms with Gasteiger partial charge in [-0.3, -0.25) is 5.10 Å². The molecule has 0 bridgehead atoms. The minimum Gasteiger partial charge on any atom is -0.346 e. The van der Waals surface area contributed by atoms with Crippen molar-refractivity contribution in [1.82, 2.24) is 25.1 Å². The van der Waals surface area contributed by atoms with E-state index in [0.717, 1.165) is 28.2 Å². The van der Waals surface area contributed by atoms with Crippen LogP contribution in [0.2, 0.25) is 0 Å². The summed E-state index contributed by atoms with van der Waals surface area (Å²) in [5.74, 6) is 1.23. The highest BCUT2D eigenvalue weighted by atomic mass is 15.2. The molecule has 0 radical (unpaired) electrons. The summed E-state index contributed by atoms with van der Waals surface area (Å²) in [6, 6.07) is 11.9. The third-order valence-corrected chi connectivity index (χ3v) is 3.21. The highest BCUT2D eigenvalue weighted by molar-refractivity contribution is 5.90. The van der Waals surface area contributed by atoms with E-state index in [9.17, 15) is 0 Å². The van der Waals surface area contributed by atoms with Crippen LogP contribution in [-0.2, 0) is 0 Å².